The van der Waals surface area contributed by atoms with Crippen molar-refractivity contribution < 1.29 is 18.7 Å². The van der Waals surface area contributed by atoms with Gasteiger partial charge in [-0.1, -0.05) is 29.8 Å². The number of aromatic nitrogens is 2. The first kappa shape index (κ1) is 22.8. The number of halogens is 1. The third kappa shape index (κ3) is 5.33. The molecule has 2 amide bonds. The SMILES string of the molecule is Cc1cc(=O)c(C(=O)NNC(=O)c2ccc(COc3ccccc3)o2)nn1-c1ccc(Cl)cc1. The van der Waals surface area contributed by atoms with Crippen LogP contribution in [0, 0.1) is 6.92 Å². The molecule has 10 heteroatoms. The molecule has 0 aliphatic carbocycles. The van der Waals surface area contributed by atoms with Gasteiger partial charge in [0, 0.05) is 16.8 Å². The van der Waals surface area contributed by atoms with Crippen LogP contribution in [0.15, 0.2) is 82.0 Å². The Morgan fingerprint density at radius 1 is 1.00 bits per heavy atom. The van der Waals surface area contributed by atoms with Crippen molar-refractivity contribution >= 4 is 23.4 Å². The van der Waals surface area contributed by atoms with Crippen molar-refractivity contribution in [1.29, 1.82) is 0 Å². The second kappa shape index (κ2) is 10.1. The van der Waals surface area contributed by atoms with Gasteiger partial charge in [-0.15, -0.1) is 0 Å². The molecule has 0 radical (unpaired) electrons. The Balaban J connectivity index is 1.40. The van der Waals surface area contributed by atoms with Crippen molar-refractivity contribution in [2.45, 2.75) is 13.5 Å². The molecule has 0 aliphatic heterocycles. The summed E-state index contributed by atoms with van der Waals surface area (Å²) in [6, 6.07) is 20.2. The Bertz CT molecular complexity index is 1380. The van der Waals surface area contributed by atoms with E-state index in [4.69, 9.17) is 20.8 Å². The van der Waals surface area contributed by atoms with Gasteiger partial charge in [0.15, 0.2) is 11.5 Å². The third-order valence-corrected chi connectivity index (χ3v) is 4.95. The normalized spacial score (nSPS) is 10.5. The number of nitrogens with one attached hydrogen (secondary N) is 2. The summed E-state index contributed by atoms with van der Waals surface area (Å²) in [5.74, 6) is -0.537. The maximum atomic E-state index is 12.5. The van der Waals surface area contributed by atoms with Crippen LogP contribution in [0.1, 0.15) is 32.5 Å². The summed E-state index contributed by atoms with van der Waals surface area (Å²) in [7, 11) is 0. The smallest absolute Gasteiger partial charge is 0.305 e. The van der Waals surface area contributed by atoms with Crippen LogP contribution in [0.2, 0.25) is 5.02 Å². The molecular weight excluding hydrogens is 460 g/mol. The zero-order valence-corrected chi connectivity index (χ0v) is 18.7. The van der Waals surface area contributed by atoms with Gasteiger partial charge in [-0.2, -0.15) is 5.10 Å². The van der Waals surface area contributed by atoms with Crippen molar-refractivity contribution in [2.24, 2.45) is 0 Å². The fourth-order valence-electron chi connectivity index (χ4n) is 3.03. The van der Waals surface area contributed by atoms with E-state index in [1.54, 1.807) is 49.4 Å². The largest absolute Gasteiger partial charge is 0.486 e. The summed E-state index contributed by atoms with van der Waals surface area (Å²) in [6.45, 7) is 1.81. The number of ether oxygens (including phenoxy) is 1. The topological polar surface area (TPSA) is 115 Å². The highest BCUT2D eigenvalue weighted by Crippen LogP contribution is 2.15. The Hall–Kier alpha value is -4.37. The Labute approximate surface area is 198 Å². The summed E-state index contributed by atoms with van der Waals surface area (Å²) in [6.07, 6.45) is 0. The average molecular weight is 479 g/mol. The minimum atomic E-state index is -0.875. The molecule has 0 saturated carbocycles. The summed E-state index contributed by atoms with van der Waals surface area (Å²) in [5.41, 5.74) is 4.55. The lowest BCUT2D eigenvalue weighted by molar-refractivity contribution is 0.0824. The van der Waals surface area contributed by atoms with Crippen molar-refractivity contribution in [3.8, 4) is 11.4 Å². The molecule has 0 aliphatic rings. The van der Waals surface area contributed by atoms with Crippen molar-refractivity contribution in [3.63, 3.8) is 0 Å². The van der Waals surface area contributed by atoms with E-state index < -0.39 is 22.9 Å². The molecule has 2 aromatic carbocycles. The van der Waals surface area contributed by atoms with Gasteiger partial charge < -0.3 is 9.15 Å². The van der Waals surface area contributed by atoms with Gasteiger partial charge in [0.25, 0.3) is 5.91 Å². The number of hydrazine groups is 1. The summed E-state index contributed by atoms with van der Waals surface area (Å²) < 4.78 is 12.5. The number of rotatable bonds is 6. The highest BCUT2D eigenvalue weighted by Gasteiger charge is 2.18. The third-order valence-electron chi connectivity index (χ3n) is 4.69. The fraction of sp³-hybridized carbons (Fsp3) is 0.0833. The van der Waals surface area contributed by atoms with Gasteiger partial charge in [-0.3, -0.25) is 25.2 Å². The van der Waals surface area contributed by atoms with Crippen molar-refractivity contribution in [1.82, 2.24) is 20.6 Å². The quantitative estimate of drug-likeness (QED) is 0.410. The fourth-order valence-corrected chi connectivity index (χ4v) is 3.16. The average Bonchev–Trinajstić information content (AvgIpc) is 3.32. The maximum Gasteiger partial charge on any atom is 0.305 e. The van der Waals surface area contributed by atoms with E-state index in [0.717, 1.165) is 0 Å². The molecule has 0 bridgehead atoms. The van der Waals surface area contributed by atoms with Gasteiger partial charge in [0.1, 0.15) is 18.1 Å². The highest BCUT2D eigenvalue weighted by molar-refractivity contribution is 6.30. The first-order valence-corrected chi connectivity index (χ1v) is 10.5. The van der Waals surface area contributed by atoms with Crippen LogP contribution in [0.5, 0.6) is 5.75 Å². The van der Waals surface area contributed by atoms with Crippen LogP contribution < -0.4 is 21.0 Å². The van der Waals surface area contributed by atoms with Gasteiger partial charge in [0.05, 0.1) is 5.69 Å². The van der Waals surface area contributed by atoms with E-state index >= 15 is 0 Å². The maximum absolute atomic E-state index is 12.5. The predicted molar refractivity (Wildman–Crippen MR) is 124 cm³/mol. The zero-order valence-electron chi connectivity index (χ0n) is 17.9. The van der Waals surface area contributed by atoms with Gasteiger partial charge >= 0.3 is 5.91 Å². The number of para-hydroxylation sites is 1. The monoisotopic (exact) mass is 478 g/mol. The molecule has 172 valence electrons. The van der Waals surface area contributed by atoms with Crippen molar-refractivity contribution in [2.75, 3.05) is 0 Å². The Morgan fingerprint density at radius 3 is 2.44 bits per heavy atom. The second-order valence-corrected chi connectivity index (χ2v) is 7.60. The molecule has 4 rings (SSSR count). The van der Waals surface area contributed by atoms with Crippen LogP contribution >= 0.6 is 11.6 Å². The van der Waals surface area contributed by atoms with Gasteiger partial charge in [0.2, 0.25) is 5.43 Å². The van der Waals surface area contributed by atoms with E-state index in [9.17, 15) is 14.4 Å². The molecule has 0 spiro atoms. The van der Waals surface area contributed by atoms with Gasteiger partial charge in [-0.25, -0.2) is 4.68 Å². The molecule has 2 aromatic heterocycles. The number of carbonyl (C=O) groups is 2. The molecule has 2 heterocycles. The number of nitrogens with zero attached hydrogens (tertiary/aromatic N) is 2. The number of aryl methyl sites for hydroxylation is 1. The lowest BCUT2D eigenvalue weighted by Gasteiger charge is -2.11. The first-order chi connectivity index (χ1) is 16.4. The molecule has 4 aromatic rings. The molecule has 9 nitrogen and oxygen atoms in total. The van der Waals surface area contributed by atoms with Crippen molar-refractivity contribution in [3.05, 3.63) is 111 Å². The summed E-state index contributed by atoms with van der Waals surface area (Å²) in [4.78, 5) is 37.2. The van der Waals surface area contributed by atoms with Crippen LogP contribution in [0.3, 0.4) is 0 Å². The lowest BCUT2D eigenvalue weighted by Crippen LogP contribution is -2.44. The first-order valence-electron chi connectivity index (χ1n) is 10.1. The molecule has 0 unspecified atom stereocenters. The molecular formula is C24H19ClN4O5. The van der Waals surface area contributed by atoms with E-state index in [1.165, 1.54) is 16.8 Å². The Kier molecular flexibility index (Phi) is 6.74. The standard InChI is InChI=1S/C24H19ClN4O5/c1-15-13-20(30)22(28-29(15)17-9-7-16(25)8-10-17)24(32)27-26-23(31)21-12-11-19(34-21)14-33-18-5-3-2-4-6-18/h2-13H,14H2,1H3,(H,26,31)(H,27,32). The van der Waals surface area contributed by atoms with E-state index in [-0.39, 0.29) is 12.4 Å². The molecule has 0 fully saturated rings. The van der Waals surface area contributed by atoms with Gasteiger partial charge in [-0.05, 0) is 55.5 Å². The summed E-state index contributed by atoms with van der Waals surface area (Å²) >= 11 is 5.92. The number of hydrogen-bond acceptors (Lipinski definition) is 6. The predicted octanol–water partition coefficient (Wildman–Crippen LogP) is 3.44. The lowest BCUT2D eigenvalue weighted by atomic mass is 10.2. The zero-order chi connectivity index (χ0) is 24.1. The van der Waals surface area contributed by atoms with Crippen LogP contribution in [0.25, 0.3) is 5.69 Å². The Morgan fingerprint density at radius 2 is 1.71 bits per heavy atom. The van der Waals surface area contributed by atoms with Crippen LogP contribution in [-0.4, -0.2) is 21.6 Å². The van der Waals surface area contributed by atoms with E-state index in [2.05, 4.69) is 16.0 Å². The van der Waals surface area contributed by atoms with E-state index in [0.29, 0.717) is 27.9 Å². The minimum absolute atomic E-state index is 0.0394. The second-order valence-electron chi connectivity index (χ2n) is 7.16. The number of carbonyl (C=O) groups excluding carboxylic acids is 2. The number of hydrogen-bond donors (Lipinski definition) is 2. The van der Waals surface area contributed by atoms with E-state index in [1.807, 2.05) is 18.2 Å². The summed E-state index contributed by atoms with van der Waals surface area (Å²) in [5, 5.41) is 4.68. The van der Waals surface area contributed by atoms with Crippen LogP contribution in [-0.2, 0) is 6.61 Å². The molecule has 34 heavy (non-hydrogen) atoms. The molecule has 2 N–H and O–H groups in total. The number of furan rings is 1. The number of benzene rings is 2. The number of amides is 2. The highest BCUT2D eigenvalue weighted by atomic mass is 35.5. The van der Waals surface area contributed by atoms with Crippen LogP contribution in [0.4, 0.5) is 0 Å². The molecule has 0 saturated heterocycles. The minimum Gasteiger partial charge on any atom is -0.486 e. The molecule has 0 atom stereocenters.